The number of H-pyrrole nitrogens is 1. The third-order valence-corrected chi connectivity index (χ3v) is 3.18. The van der Waals surface area contributed by atoms with E-state index in [9.17, 15) is 8.78 Å². The highest BCUT2D eigenvalue weighted by atomic mass is 19.3. The number of rotatable bonds is 6. The van der Waals surface area contributed by atoms with E-state index >= 15 is 0 Å². The summed E-state index contributed by atoms with van der Waals surface area (Å²) in [7, 11) is 0. The van der Waals surface area contributed by atoms with Crippen molar-refractivity contribution in [2.75, 3.05) is 18.4 Å². The predicted octanol–water partition coefficient (Wildman–Crippen LogP) is 1.68. The molecular formula is C13H16F2N6O2. The largest absolute Gasteiger partial charge is 0.472 e. The third kappa shape index (κ3) is 4.49. The molecule has 23 heavy (non-hydrogen) atoms. The van der Waals surface area contributed by atoms with Gasteiger partial charge in [-0.1, -0.05) is 0 Å². The molecule has 1 saturated heterocycles. The molecule has 1 fully saturated rings. The van der Waals surface area contributed by atoms with Gasteiger partial charge in [-0.15, -0.1) is 5.10 Å². The van der Waals surface area contributed by atoms with Gasteiger partial charge in [0.2, 0.25) is 11.8 Å². The van der Waals surface area contributed by atoms with Crippen LogP contribution in [0.5, 0.6) is 11.8 Å². The van der Waals surface area contributed by atoms with Crippen molar-refractivity contribution in [1.82, 2.24) is 25.5 Å². The summed E-state index contributed by atoms with van der Waals surface area (Å²) in [5, 5.41) is 12.2. The first-order valence-corrected chi connectivity index (χ1v) is 7.16. The van der Waals surface area contributed by atoms with Gasteiger partial charge in [0, 0.05) is 12.6 Å². The molecule has 0 amide bonds. The summed E-state index contributed by atoms with van der Waals surface area (Å²) in [6, 6.07) is 1.30. The minimum absolute atomic E-state index is 0.0616. The van der Waals surface area contributed by atoms with E-state index in [-0.39, 0.29) is 12.0 Å². The highest BCUT2D eigenvalue weighted by Gasteiger charge is 2.15. The van der Waals surface area contributed by atoms with E-state index in [0.717, 1.165) is 25.9 Å². The van der Waals surface area contributed by atoms with Gasteiger partial charge < -0.3 is 20.1 Å². The lowest BCUT2D eigenvalue weighted by atomic mass is 10.1. The summed E-state index contributed by atoms with van der Waals surface area (Å²) in [5.74, 6) is 0.938. The van der Waals surface area contributed by atoms with E-state index in [4.69, 9.17) is 4.74 Å². The second kappa shape index (κ2) is 7.18. The van der Waals surface area contributed by atoms with Gasteiger partial charge in [0.05, 0.1) is 12.4 Å². The van der Waals surface area contributed by atoms with Crippen molar-refractivity contribution in [3.8, 4) is 11.8 Å². The van der Waals surface area contributed by atoms with Gasteiger partial charge in [-0.2, -0.15) is 13.8 Å². The van der Waals surface area contributed by atoms with Crippen molar-refractivity contribution >= 4 is 11.6 Å². The maximum Gasteiger partial charge on any atom is 0.388 e. The minimum Gasteiger partial charge on any atom is -0.472 e. The highest BCUT2D eigenvalue weighted by molar-refractivity contribution is 5.51. The molecule has 1 atom stereocenters. The van der Waals surface area contributed by atoms with Gasteiger partial charge in [-0.25, -0.2) is 0 Å². The fourth-order valence-corrected chi connectivity index (χ4v) is 2.21. The van der Waals surface area contributed by atoms with Crippen LogP contribution >= 0.6 is 0 Å². The van der Waals surface area contributed by atoms with Crippen molar-refractivity contribution in [1.29, 1.82) is 0 Å². The molecule has 3 N–H and O–H groups in total. The summed E-state index contributed by atoms with van der Waals surface area (Å²) < 4.78 is 34.1. The first-order chi connectivity index (χ1) is 11.2. The molecule has 2 aromatic heterocycles. The highest BCUT2D eigenvalue weighted by Crippen LogP contribution is 2.20. The van der Waals surface area contributed by atoms with Crippen LogP contribution in [0.1, 0.15) is 12.8 Å². The third-order valence-electron chi connectivity index (χ3n) is 3.18. The quantitative estimate of drug-likeness (QED) is 0.743. The maximum absolute atomic E-state index is 12.1. The van der Waals surface area contributed by atoms with E-state index in [0.29, 0.717) is 17.5 Å². The molecule has 0 spiro atoms. The number of aromatic amines is 1. The average Bonchev–Trinajstić information content (AvgIpc) is 2.95. The zero-order valence-electron chi connectivity index (χ0n) is 12.1. The van der Waals surface area contributed by atoms with Crippen LogP contribution in [0.15, 0.2) is 18.5 Å². The molecule has 0 aromatic carbocycles. The summed E-state index contributed by atoms with van der Waals surface area (Å²) in [6.45, 7) is -1.16. The van der Waals surface area contributed by atoms with E-state index in [1.165, 1.54) is 18.5 Å². The molecule has 2 aromatic rings. The average molecular weight is 326 g/mol. The predicted molar refractivity (Wildman–Crippen MR) is 77.1 cm³/mol. The number of halogens is 2. The lowest BCUT2D eigenvalue weighted by molar-refractivity contribution is -0.0528. The molecule has 0 bridgehead atoms. The Morgan fingerprint density at radius 1 is 1.30 bits per heavy atom. The Bertz CT molecular complexity index is 632. The van der Waals surface area contributed by atoms with E-state index in [2.05, 4.69) is 35.5 Å². The topological polar surface area (TPSA) is 97.0 Å². The molecular weight excluding hydrogens is 310 g/mol. The molecule has 124 valence electrons. The van der Waals surface area contributed by atoms with Crippen LogP contribution in [0.3, 0.4) is 0 Å². The molecule has 0 saturated carbocycles. The fraction of sp³-hybridized carbons (Fsp3) is 0.462. The van der Waals surface area contributed by atoms with Crippen molar-refractivity contribution in [2.24, 2.45) is 0 Å². The van der Waals surface area contributed by atoms with Crippen LogP contribution in [0.4, 0.5) is 20.4 Å². The van der Waals surface area contributed by atoms with E-state index in [1.54, 1.807) is 0 Å². The van der Waals surface area contributed by atoms with Crippen LogP contribution in [0.25, 0.3) is 0 Å². The van der Waals surface area contributed by atoms with E-state index in [1.807, 2.05) is 0 Å². The molecule has 0 radical (unpaired) electrons. The monoisotopic (exact) mass is 326 g/mol. The van der Waals surface area contributed by atoms with Gasteiger partial charge in [-0.3, -0.25) is 10.1 Å². The first-order valence-electron chi connectivity index (χ1n) is 7.16. The number of piperidine rings is 1. The van der Waals surface area contributed by atoms with Crippen molar-refractivity contribution in [3.05, 3.63) is 18.5 Å². The summed E-state index contributed by atoms with van der Waals surface area (Å²) in [4.78, 5) is 8.32. The normalized spacial score (nSPS) is 18.0. The standard InChI is InChI=1S/C13H16F2N6O2/c14-13(15)23-11-4-9(20-21-11)18-10-6-17-7-12(19-10)22-8-2-1-3-16-5-8/h4,6-8,13,16H,1-3,5H2,(H2,18,19,20,21)/t8-/m1/s1. The van der Waals surface area contributed by atoms with Crippen LogP contribution in [0.2, 0.25) is 0 Å². The smallest absolute Gasteiger partial charge is 0.388 e. The second-order valence-electron chi connectivity index (χ2n) is 4.95. The number of nitrogens with one attached hydrogen (secondary N) is 3. The number of hydrogen-bond acceptors (Lipinski definition) is 7. The van der Waals surface area contributed by atoms with Crippen LogP contribution in [0, 0.1) is 0 Å². The molecule has 1 aliphatic heterocycles. The molecule has 1 aliphatic rings. The molecule has 3 rings (SSSR count). The molecule has 8 nitrogen and oxygen atoms in total. The number of anilines is 2. The van der Waals surface area contributed by atoms with Crippen LogP contribution < -0.4 is 20.1 Å². The van der Waals surface area contributed by atoms with Gasteiger partial charge >= 0.3 is 6.61 Å². The second-order valence-corrected chi connectivity index (χ2v) is 4.95. The summed E-state index contributed by atoms with van der Waals surface area (Å²) in [6.07, 6.45) is 5.09. The number of nitrogens with zero attached hydrogens (tertiary/aromatic N) is 3. The van der Waals surface area contributed by atoms with Gasteiger partial charge in [0.1, 0.15) is 11.9 Å². The van der Waals surface area contributed by atoms with Gasteiger partial charge in [0.25, 0.3) is 0 Å². The molecule has 10 heteroatoms. The Balaban J connectivity index is 1.61. The lowest BCUT2D eigenvalue weighted by Gasteiger charge is -2.23. The Morgan fingerprint density at radius 2 is 2.22 bits per heavy atom. The number of aromatic nitrogens is 4. The molecule has 3 heterocycles. The van der Waals surface area contributed by atoms with Crippen molar-refractivity contribution in [2.45, 2.75) is 25.6 Å². The number of alkyl halides is 2. The summed E-state index contributed by atoms with van der Waals surface area (Å²) >= 11 is 0. The lowest BCUT2D eigenvalue weighted by Crippen LogP contribution is -2.37. The molecule has 0 aliphatic carbocycles. The minimum atomic E-state index is -2.92. The fourth-order valence-electron chi connectivity index (χ4n) is 2.21. The van der Waals surface area contributed by atoms with Gasteiger partial charge in [-0.05, 0) is 19.4 Å². The zero-order chi connectivity index (χ0) is 16.1. The first kappa shape index (κ1) is 15.4. The van der Waals surface area contributed by atoms with Crippen molar-refractivity contribution in [3.63, 3.8) is 0 Å². The molecule has 0 unspecified atom stereocenters. The zero-order valence-corrected chi connectivity index (χ0v) is 12.1. The number of hydrogen-bond donors (Lipinski definition) is 3. The Morgan fingerprint density at radius 3 is 3.00 bits per heavy atom. The Hall–Kier alpha value is -2.49. The van der Waals surface area contributed by atoms with Crippen LogP contribution in [-0.2, 0) is 0 Å². The Labute approximate surface area is 130 Å². The Kier molecular flexibility index (Phi) is 4.81. The summed E-state index contributed by atoms with van der Waals surface area (Å²) in [5.41, 5.74) is 0. The van der Waals surface area contributed by atoms with Crippen LogP contribution in [-0.4, -0.2) is 46.0 Å². The van der Waals surface area contributed by atoms with Gasteiger partial charge in [0.15, 0.2) is 5.82 Å². The van der Waals surface area contributed by atoms with Crippen molar-refractivity contribution < 1.29 is 18.3 Å². The SMILES string of the molecule is FC(F)Oc1cc(Nc2cncc(O[C@@H]3CCCNC3)n2)[nH]n1. The van der Waals surface area contributed by atoms with E-state index < -0.39 is 6.61 Å². The number of ether oxygens (including phenoxy) is 2. The maximum atomic E-state index is 12.1.